The van der Waals surface area contributed by atoms with Gasteiger partial charge in [0.25, 0.3) is 0 Å². The number of hydrogen-bond donors (Lipinski definition) is 1. The van der Waals surface area contributed by atoms with E-state index in [4.69, 9.17) is 5.73 Å². The molecule has 1 aromatic carbocycles. The highest BCUT2D eigenvalue weighted by Crippen LogP contribution is 2.20. The Labute approximate surface area is 111 Å². The number of likely N-dealkylation sites (tertiary alicyclic amines) is 1. The van der Waals surface area contributed by atoms with E-state index in [-0.39, 0.29) is 12.4 Å². The minimum atomic E-state index is 0. The molecule has 0 spiro atoms. The first-order valence-corrected chi connectivity index (χ1v) is 6.35. The first-order chi connectivity index (χ1) is 7.88. The van der Waals surface area contributed by atoms with Crippen LogP contribution in [0, 0.1) is 5.92 Å². The number of nitrogens with zero attached hydrogens (tertiary/aromatic N) is 1. The third-order valence-electron chi connectivity index (χ3n) is 3.43. The van der Waals surface area contributed by atoms with Crippen LogP contribution in [-0.2, 0) is 6.54 Å². The van der Waals surface area contributed by atoms with E-state index >= 15 is 0 Å². The molecule has 2 rings (SSSR count). The van der Waals surface area contributed by atoms with Crippen LogP contribution >= 0.6 is 12.4 Å². The maximum absolute atomic E-state index is 5.64. The average Bonchev–Trinajstić information content (AvgIpc) is 2.31. The zero-order valence-electron chi connectivity index (χ0n) is 10.3. The van der Waals surface area contributed by atoms with Crippen LogP contribution in [0.25, 0.3) is 0 Å². The van der Waals surface area contributed by atoms with Gasteiger partial charge in [-0.05, 0) is 43.8 Å². The molecule has 0 aliphatic carbocycles. The Morgan fingerprint density at radius 2 is 2.00 bits per heavy atom. The molecule has 1 aromatic rings. The zero-order valence-corrected chi connectivity index (χ0v) is 11.2. The molecule has 0 radical (unpaired) electrons. The smallest absolute Gasteiger partial charge is 0.0233 e. The van der Waals surface area contributed by atoms with Gasteiger partial charge in [0.2, 0.25) is 0 Å². The molecule has 1 unspecified atom stereocenters. The van der Waals surface area contributed by atoms with E-state index < -0.39 is 0 Å². The van der Waals surface area contributed by atoms with Gasteiger partial charge in [0, 0.05) is 13.1 Å². The Balaban J connectivity index is 0.00000144. The van der Waals surface area contributed by atoms with E-state index in [1.54, 1.807) is 0 Å². The summed E-state index contributed by atoms with van der Waals surface area (Å²) in [4.78, 5) is 2.57. The monoisotopic (exact) mass is 254 g/mol. The van der Waals surface area contributed by atoms with Crippen LogP contribution in [0.3, 0.4) is 0 Å². The molecule has 1 fully saturated rings. The first kappa shape index (κ1) is 14.5. The van der Waals surface area contributed by atoms with Crippen molar-refractivity contribution in [3.8, 4) is 0 Å². The van der Waals surface area contributed by atoms with Crippen LogP contribution in [0.1, 0.15) is 24.8 Å². The topological polar surface area (TPSA) is 29.3 Å². The molecule has 1 aliphatic heterocycles. The minimum Gasteiger partial charge on any atom is -0.330 e. The molecule has 1 atom stereocenters. The van der Waals surface area contributed by atoms with Gasteiger partial charge in [0.1, 0.15) is 0 Å². The second kappa shape index (κ2) is 7.70. The maximum atomic E-state index is 5.64. The Morgan fingerprint density at radius 3 is 2.71 bits per heavy atom. The van der Waals surface area contributed by atoms with Gasteiger partial charge in [0.15, 0.2) is 0 Å². The highest BCUT2D eigenvalue weighted by atomic mass is 35.5. The predicted octanol–water partition coefficient (Wildman–Crippen LogP) is 2.67. The van der Waals surface area contributed by atoms with Crippen molar-refractivity contribution in [1.29, 1.82) is 0 Å². The van der Waals surface area contributed by atoms with E-state index in [9.17, 15) is 0 Å². The standard InChI is InChI=1S/C14H22N2.ClH/c15-9-8-14-7-4-10-16(12-14)11-13-5-2-1-3-6-13;/h1-3,5-6,14H,4,7-12,15H2;1H. The van der Waals surface area contributed by atoms with Gasteiger partial charge in [-0.2, -0.15) is 0 Å². The summed E-state index contributed by atoms with van der Waals surface area (Å²) in [5.74, 6) is 0.822. The third-order valence-corrected chi connectivity index (χ3v) is 3.43. The lowest BCUT2D eigenvalue weighted by Gasteiger charge is -2.32. The molecule has 2 N–H and O–H groups in total. The highest BCUT2D eigenvalue weighted by Gasteiger charge is 2.18. The third kappa shape index (κ3) is 4.66. The van der Waals surface area contributed by atoms with Crippen molar-refractivity contribution in [3.05, 3.63) is 35.9 Å². The van der Waals surface area contributed by atoms with Gasteiger partial charge in [-0.1, -0.05) is 30.3 Å². The largest absolute Gasteiger partial charge is 0.330 e. The molecule has 0 aromatic heterocycles. The van der Waals surface area contributed by atoms with E-state index in [1.165, 1.54) is 37.9 Å². The summed E-state index contributed by atoms with van der Waals surface area (Å²) in [6, 6.07) is 10.8. The van der Waals surface area contributed by atoms with E-state index in [1.807, 2.05) is 0 Å². The van der Waals surface area contributed by atoms with Gasteiger partial charge < -0.3 is 5.73 Å². The number of piperidine rings is 1. The number of nitrogens with two attached hydrogens (primary N) is 1. The Morgan fingerprint density at radius 1 is 1.24 bits per heavy atom. The van der Waals surface area contributed by atoms with Crippen LogP contribution in [0.4, 0.5) is 0 Å². The fourth-order valence-corrected chi connectivity index (χ4v) is 2.61. The SMILES string of the molecule is Cl.NCCC1CCCN(Cc2ccccc2)C1. The fraction of sp³-hybridized carbons (Fsp3) is 0.571. The van der Waals surface area contributed by atoms with E-state index in [0.29, 0.717) is 0 Å². The fourth-order valence-electron chi connectivity index (χ4n) is 2.61. The summed E-state index contributed by atoms with van der Waals surface area (Å²) < 4.78 is 0. The lowest BCUT2D eigenvalue weighted by atomic mass is 9.94. The van der Waals surface area contributed by atoms with Gasteiger partial charge in [-0.15, -0.1) is 12.4 Å². The minimum absolute atomic E-state index is 0. The summed E-state index contributed by atoms with van der Waals surface area (Å²) in [5.41, 5.74) is 7.07. The Kier molecular flexibility index (Phi) is 6.56. The summed E-state index contributed by atoms with van der Waals surface area (Å²) >= 11 is 0. The number of hydrogen-bond acceptors (Lipinski definition) is 2. The van der Waals surface area contributed by atoms with Gasteiger partial charge in [-0.3, -0.25) is 4.90 Å². The molecule has 0 bridgehead atoms. The molecule has 1 aliphatic rings. The van der Waals surface area contributed by atoms with Crippen molar-refractivity contribution in [2.24, 2.45) is 11.7 Å². The van der Waals surface area contributed by atoms with Gasteiger partial charge >= 0.3 is 0 Å². The van der Waals surface area contributed by atoms with Crippen molar-refractivity contribution in [2.45, 2.75) is 25.8 Å². The molecule has 96 valence electrons. The van der Waals surface area contributed by atoms with E-state index in [2.05, 4.69) is 35.2 Å². The lowest BCUT2D eigenvalue weighted by Crippen LogP contribution is -2.35. The second-order valence-corrected chi connectivity index (χ2v) is 4.81. The van der Waals surface area contributed by atoms with Crippen molar-refractivity contribution < 1.29 is 0 Å². The van der Waals surface area contributed by atoms with Crippen molar-refractivity contribution in [1.82, 2.24) is 4.90 Å². The Bertz CT molecular complexity index is 300. The molecule has 17 heavy (non-hydrogen) atoms. The van der Waals surface area contributed by atoms with Crippen molar-refractivity contribution >= 4 is 12.4 Å². The maximum Gasteiger partial charge on any atom is 0.0233 e. The first-order valence-electron chi connectivity index (χ1n) is 6.35. The van der Waals surface area contributed by atoms with Crippen molar-refractivity contribution in [3.63, 3.8) is 0 Å². The lowest BCUT2D eigenvalue weighted by molar-refractivity contribution is 0.163. The summed E-state index contributed by atoms with van der Waals surface area (Å²) in [6.07, 6.45) is 3.88. The van der Waals surface area contributed by atoms with Crippen LogP contribution in [0.5, 0.6) is 0 Å². The normalized spacial score (nSPS) is 20.9. The zero-order chi connectivity index (χ0) is 11.2. The van der Waals surface area contributed by atoms with E-state index in [0.717, 1.165) is 19.0 Å². The molecular formula is C14H23ClN2. The molecule has 0 amide bonds. The van der Waals surface area contributed by atoms with Crippen LogP contribution in [0.15, 0.2) is 30.3 Å². The number of benzene rings is 1. The Hall–Kier alpha value is -0.570. The van der Waals surface area contributed by atoms with Crippen LogP contribution in [0.2, 0.25) is 0 Å². The molecular weight excluding hydrogens is 232 g/mol. The highest BCUT2D eigenvalue weighted by molar-refractivity contribution is 5.85. The molecule has 1 saturated heterocycles. The predicted molar refractivity (Wildman–Crippen MR) is 75.4 cm³/mol. The summed E-state index contributed by atoms with van der Waals surface area (Å²) in [7, 11) is 0. The quantitative estimate of drug-likeness (QED) is 0.895. The number of rotatable bonds is 4. The summed E-state index contributed by atoms with van der Waals surface area (Å²) in [6.45, 7) is 4.41. The van der Waals surface area contributed by atoms with Gasteiger partial charge in [0.05, 0.1) is 0 Å². The second-order valence-electron chi connectivity index (χ2n) is 4.81. The average molecular weight is 255 g/mol. The molecule has 2 nitrogen and oxygen atoms in total. The summed E-state index contributed by atoms with van der Waals surface area (Å²) in [5, 5.41) is 0. The molecule has 0 saturated carbocycles. The number of halogens is 1. The van der Waals surface area contributed by atoms with Crippen LogP contribution in [-0.4, -0.2) is 24.5 Å². The van der Waals surface area contributed by atoms with Crippen molar-refractivity contribution in [2.75, 3.05) is 19.6 Å². The molecule has 1 heterocycles. The molecule has 3 heteroatoms. The van der Waals surface area contributed by atoms with Gasteiger partial charge in [-0.25, -0.2) is 0 Å². The van der Waals surface area contributed by atoms with Crippen LogP contribution < -0.4 is 5.73 Å².